The lowest BCUT2D eigenvalue weighted by Gasteiger charge is -2.24. The van der Waals surface area contributed by atoms with Gasteiger partial charge >= 0.3 is 0 Å². The number of benzene rings is 1. The summed E-state index contributed by atoms with van der Waals surface area (Å²) < 4.78 is 0. The van der Waals surface area contributed by atoms with Gasteiger partial charge in [0.2, 0.25) is 5.91 Å². The molecule has 24 heavy (non-hydrogen) atoms. The molecule has 0 aromatic heterocycles. The first-order chi connectivity index (χ1) is 11.4. The van der Waals surface area contributed by atoms with E-state index < -0.39 is 0 Å². The number of amides is 1. The number of hydrogen-bond donors (Lipinski definition) is 1. The topological polar surface area (TPSA) is 29.1 Å². The minimum Gasteiger partial charge on any atom is -0.326 e. The van der Waals surface area contributed by atoms with Gasteiger partial charge in [0.1, 0.15) is 0 Å². The Labute approximate surface area is 149 Å². The van der Waals surface area contributed by atoms with Gasteiger partial charge in [-0.2, -0.15) is 0 Å². The van der Waals surface area contributed by atoms with Gasteiger partial charge in [0, 0.05) is 11.1 Å². The van der Waals surface area contributed by atoms with Gasteiger partial charge in [-0.05, 0) is 43.5 Å². The molecule has 2 nitrogen and oxygen atoms in total. The Kier molecular flexibility index (Phi) is 9.10. The lowest BCUT2D eigenvalue weighted by atomic mass is 9.85. The molecule has 0 aliphatic heterocycles. The Morgan fingerprint density at radius 2 is 1.50 bits per heavy atom. The van der Waals surface area contributed by atoms with Crippen molar-refractivity contribution in [2.24, 2.45) is 5.41 Å². The van der Waals surface area contributed by atoms with E-state index in [2.05, 4.69) is 52.1 Å². The molecule has 1 aromatic carbocycles. The minimum absolute atomic E-state index is 0.133. The monoisotopic (exact) mass is 331 g/mol. The fourth-order valence-corrected chi connectivity index (χ4v) is 2.93. The Balaban J connectivity index is 2.30. The van der Waals surface area contributed by atoms with E-state index in [4.69, 9.17) is 0 Å². The van der Waals surface area contributed by atoms with Crippen LogP contribution in [-0.4, -0.2) is 5.91 Å². The maximum Gasteiger partial charge on any atom is 0.230 e. The summed E-state index contributed by atoms with van der Waals surface area (Å²) in [5.41, 5.74) is 3.08. The van der Waals surface area contributed by atoms with Crippen LogP contribution >= 0.6 is 0 Å². The first-order valence-corrected chi connectivity index (χ1v) is 9.75. The van der Waals surface area contributed by atoms with Crippen molar-refractivity contribution in [2.75, 3.05) is 5.32 Å². The average Bonchev–Trinajstić information content (AvgIpc) is 2.53. The standard InChI is InChI=1S/C22H37NO/c1-6-7-8-9-10-11-12-13-16-22(4,5)21(24)23-20-15-14-18(2)19(3)17-20/h14-15,17H,6-13,16H2,1-5H3,(H,23,24). The molecule has 0 saturated heterocycles. The molecule has 1 rings (SSSR count). The molecule has 1 aromatic rings. The fourth-order valence-electron chi connectivity index (χ4n) is 2.93. The highest BCUT2D eigenvalue weighted by Crippen LogP contribution is 2.26. The van der Waals surface area contributed by atoms with Crippen molar-refractivity contribution in [1.29, 1.82) is 0 Å². The molecule has 136 valence electrons. The van der Waals surface area contributed by atoms with Crippen molar-refractivity contribution in [3.05, 3.63) is 29.3 Å². The Morgan fingerprint density at radius 1 is 0.917 bits per heavy atom. The van der Waals surface area contributed by atoms with E-state index in [0.29, 0.717) is 0 Å². The van der Waals surface area contributed by atoms with Crippen molar-refractivity contribution >= 4 is 11.6 Å². The van der Waals surface area contributed by atoms with E-state index in [9.17, 15) is 4.79 Å². The summed E-state index contributed by atoms with van der Waals surface area (Å²) in [5.74, 6) is 0.133. The number of rotatable bonds is 11. The zero-order valence-electron chi connectivity index (χ0n) is 16.5. The van der Waals surface area contributed by atoms with Gasteiger partial charge in [0.25, 0.3) is 0 Å². The van der Waals surface area contributed by atoms with Crippen LogP contribution in [0.2, 0.25) is 0 Å². The van der Waals surface area contributed by atoms with Gasteiger partial charge in [-0.1, -0.05) is 78.2 Å². The third-order valence-electron chi connectivity index (χ3n) is 5.03. The van der Waals surface area contributed by atoms with Crippen molar-refractivity contribution in [3.8, 4) is 0 Å². The van der Waals surface area contributed by atoms with Gasteiger partial charge in [0.15, 0.2) is 0 Å². The molecule has 0 atom stereocenters. The molecule has 0 spiro atoms. The highest BCUT2D eigenvalue weighted by atomic mass is 16.2. The smallest absolute Gasteiger partial charge is 0.230 e. The number of carbonyl (C=O) groups excluding carboxylic acids is 1. The highest BCUT2D eigenvalue weighted by molar-refractivity contribution is 5.94. The van der Waals surface area contributed by atoms with E-state index >= 15 is 0 Å². The summed E-state index contributed by atoms with van der Waals surface area (Å²) in [4.78, 5) is 12.6. The third kappa shape index (κ3) is 7.51. The number of nitrogens with one attached hydrogen (secondary N) is 1. The van der Waals surface area contributed by atoms with E-state index in [0.717, 1.165) is 18.5 Å². The first-order valence-electron chi connectivity index (χ1n) is 9.75. The van der Waals surface area contributed by atoms with Gasteiger partial charge in [0.05, 0.1) is 0 Å². The minimum atomic E-state index is -0.305. The van der Waals surface area contributed by atoms with Crippen molar-refractivity contribution in [1.82, 2.24) is 0 Å². The lowest BCUT2D eigenvalue weighted by Crippen LogP contribution is -2.30. The maximum absolute atomic E-state index is 12.6. The molecular formula is C22H37NO. The van der Waals surface area contributed by atoms with Crippen LogP contribution in [0.25, 0.3) is 0 Å². The second kappa shape index (κ2) is 10.5. The molecule has 0 aliphatic carbocycles. The zero-order valence-corrected chi connectivity index (χ0v) is 16.5. The largest absolute Gasteiger partial charge is 0.326 e. The Morgan fingerprint density at radius 3 is 2.08 bits per heavy atom. The number of hydrogen-bond acceptors (Lipinski definition) is 1. The summed E-state index contributed by atoms with van der Waals surface area (Å²) in [5, 5.41) is 3.09. The quantitative estimate of drug-likeness (QED) is 0.444. The van der Waals surface area contributed by atoms with Crippen LogP contribution in [0, 0.1) is 19.3 Å². The summed E-state index contributed by atoms with van der Waals surface area (Å²) in [6, 6.07) is 6.11. The summed E-state index contributed by atoms with van der Waals surface area (Å²) in [6.07, 6.45) is 11.4. The molecule has 1 amide bonds. The fraction of sp³-hybridized carbons (Fsp3) is 0.682. The van der Waals surface area contributed by atoms with Crippen LogP contribution in [0.3, 0.4) is 0 Å². The van der Waals surface area contributed by atoms with Crippen LogP contribution in [0.4, 0.5) is 5.69 Å². The van der Waals surface area contributed by atoms with Crippen LogP contribution in [0.15, 0.2) is 18.2 Å². The van der Waals surface area contributed by atoms with Crippen molar-refractivity contribution in [3.63, 3.8) is 0 Å². The third-order valence-corrected chi connectivity index (χ3v) is 5.03. The molecule has 0 saturated carbocycles. The number of unbranched alkanes of at least 4 members (excludes halogenated alkanes) is 7. The summed E-state index contributed by atoms with van der Waals surface area (Å²) in [7, 11) is 0. The number of carbonyl (C=O) groups is 1. The van der Waals surface area contributed by atoms with Crippen LogP contribution in [-0.2, 0) is 4.79 Å². The molecule has 0 radical (unpaired) electrons. The number of aryl methyl sites for hydroxylation is 2. The van der Waals surface area contributed by atoms with Gasteiger partial charge in [-0.15, -0.1) is 0 Å². The summed E-state index contributed by atoms with van der Waals surface area (Å²) in [6.45, 7) is 10.5. The lowest BCUT2D eigenvalue weighted by molar-refractivity contribution is -0.124. The van der Waals surface area contributed by atoms with Crippen LogP contribution in [0.1, 0.15) is 89.7 Å². The SMILES string of the molecule is CCCCCCCCCCC(C)(C)C(=O)Nc1ccc(C)c(C)c1. The summed E-state index contributed by atoms with van der Waals surface area (Å²) >= 11 is 0. The Hall–Kier alpha value is -1.31. The average molecular weight is 332 g/mol. The van der Waals surface area contributed by atoms with Gasteiger partial charge in [-0.25, -0.2) is 0 Å². The van der Waals surface area contributed by atoms with Crippen LogP contribution in [0.5, 0.6) is 0 Å². The predicted octanol–water partition coefficient (Wildman–Crippen LogP) is 6.80. The molecule has 1 N–H and O–H groups in total. The van der Waals surface area contributed by atoms with Crippen molar-refractivity contribution < 1.29 is 4.79 Å². The molecule has 0 bridgehead atoms. The Bertz CT molecular complexity index is 505. The van der Waals surface area contributed by atoms with E-state index in [1.54, 1.807) is 0 Å². The molecule has 0 aliphatic rings. The number of anilines is 1. The predicted molar refractivity (Wildman–Crippen MR) is 106 cm³/mol. The highest BCUT2D eigenvalue weighted by Gasteiger charge is 2.27. The second-order valence-corrected chi connectivity index (χ2v) is 7.86. The normalized spacial score (nSPS) is 11.5. The van der Waals surface area contributed by atoms with E-state index in [1.807, 2.05) is 6.07 Å². The van der Waals surface area contributed by atoms with Gasteiger partial charge in [-0.3, -0.25) is 4.79 Å². The first kappa shape index (κ1) is 20.7. The second-order valence-electron chi connectivity index (χ2n) is 7.86. The molecule has 2 heteroatoms. The van der Waals surface area contributed by atoms with E-state index in [1.165, 1.54) is 56.1 Å². The zero-order chi connectivity index (χ0) is 18.0. The molecule has 0 heterocycles. The maximum atomic E-state index is 12.6. The van der Waals surface area contributed by atoms with Crippen molar-refractivity contribution in [2.45, 2.75) is 92.4 Å². The molecule has 0 fully saturated rings. The molecule has 0 unspecified atom stereocenters. The van der Waals surface area contributed by atoms with E-state index in [-0.39, 0.29) is 11.3 Å². The van der Waals surface area contributed by atoms with Crippen LogP contribution < -0.4 is 5.32 Å². The molecular weight excluding hydrogens is 294 g/mol. The van der Waals surface area contributed by atoms with Gasteiger partial charge < -0.3 is 5.32 Å².